The van der Waals surface area contributed by atoms with E-state index in [1.165, 1.54) is 13.2 Å². The van der Waals surface area contributed by atoms with Crippen LogP contribution in [0.2, 0.25) is 5.02 Å². The minimum absolute atomic E-state index is 0.0952. The van der Waals surface area contributed by atoms with Crippen LogP contribution in [0.25, 0.3) is 5.70 Å². The molecule has 2 aromatic rings. The summed E-state index contributed by atoms with van der Waals surface area (Å²) in [7, 11) is 1.49. The van der Waals surface area contributed by atoms with E-state index < -0.39 is 5.82 Å². The highest BCUT2D eigenvalue weighted by atomic mass is 35.5. The minimum atomic E-state index is -0.423. The number of oxime groups is 1. The molecule has 0 amide bonds. The fraction of sp³-hybridized carbons (Fsp3) is 0.263. The molecular weight excluding hydrogens is 371 g/mol. The van der Waals surface area contributed by atoms with Gasteiger partial charge in [-0.15, -0.1) is 0 Å². The summed E-state index contributed by atoms with van der Waals surface area (Å²) in [6.07, 6.45) is 1.39. The largest absolute Gasteiger partial charge is 0.399 e. The fourth-order valence-electron chi connectivity index (χ4n) is 3.29. The van der Waals surface area contributed by atoms with Gasteiger partial charge in [-0.25, -0.2) is 4.39 Å². The molecule has 1 N–H and O–H groups in total. The molecule has 0 aliphatic carbocycles. The van der Waals surface area contributed by atoms with E-state index in [2.05, 4.69) is 10.1 Å². The second-order valence-electron chi connectivity index (χ2n) is 6.38. The Bertz CT molecular complexity index is 1010. The Kier molecular flexibility index (Phi) is 4.82. The van der Waals surface area contributed by atoms with Gasteiger partial charge in [0.15, 0.2) is 0 Å². The standard InChI is InChI=1S/C19H18ClFN4O2/c1-27-22-9-13-10-24(13)18-11-25(26)19(14-4-2-3-5-16(14)21)15-8-12(20)6-7-17(15)23-18/h2-9,13,18,26H,10-11H2,1H3. The molecule has 27 heavy (non-hydrogen) atoms. The van der Waals surface area contributed by atoms with Gasteiger partial charge in [0.1, 0.15) is 19.1 Å². The number of rotatable bonds is 4. The van der Waals surface area contributed by atoms with Crippen LogP contribution in [0.4, 0.5) is 4.39 Å². The highest BCUT2D eigenvalue weighted by molar-refractivity contribution is 6.30. The van der Waals surface area contributed by atoms with Crippen LogP contribution in [0.1, 0.15) is 5.56 Å². The molecule has 8 heteroatoms. The van der Waals surface area contributed by atoms with Crippen molar-refractivity contribution in [1.82, 2.24) is 9.96 Å². The normalized spacial score (nSPS) is 24.4. The van der Waals surface area contributed by atoms with Crippen molar-refractivity contribution in [2.45, 2.75) is 12.2 Å². The Morgan fingerprint density at radius 3 is 2.89 bits per heavy atom. The average molecular weight is 389 g/mol. The van der Waals surface area contributed by atoms with Gasteiger partial charge in [0.2, 0.25) is 0 Å². The second kappa shape index (κ2) is 7.26. The quantitative estimate of drug-likeness (QED) is 0.491. The predicted octanol–water partition coefficient (Wildman–Crippen LogP) is 1.60. The van der Waals surface area contributed by atoms with E-state index in [0.29, 0.717) is 26.9 Å². The van der Waals surface area contributed by atoms with Gasteiger partial charge in [-0.2, -0.15) is 0 Å². The molecule has 0 spiro atoms. The van der Waals surface area contributed by atoms with Gasteiger partial charge >= 0.3 is 0 Å². The van der Waals surface area contributed by atoms with E-state index in [-0.39, 0.29) is 18.8 Å². The molecule has 2 aliphatic rings. The van der Waals surface area contributed by atoms with E-state index in [4.69, 9.17) is 21.4 Å². The topological polar surface area (TPSA) is 60.4 Å². The van der Waals surface area contributed by atoms with Crippen molar-refractivity contribution < 1.29 is 14.4 Å². The van der Waals surface area contributed by atoms with Crippen LogP contribution in [-0.2, 0) is 4.84 Å². The van der Waals surface area contributed by atoms with Crippen LogP contribution in [0.15, 0.2) is 52.6 Å². The van der Waals surface area contributed by atoms with Crippen LogP contribution in [0.5, 0.6) is 0 Å². The van der Waals surface area contributed by atoms with E-state index >= 15 is 0 Å². The molecule has 3 atom stereocenters. The smallest absolute Gasteiger partial charge is 0.132 e. The van der Waals surface area contributed by atoms with Gasteiger partial charge in [0, 0.05) is 22.3 Å². The Morgan fingerprint density at radius 1 is 1.30 bits per heavy atom. The van der Waals surface area contributed by atoms with Gasteiger partial charge in [-0.3, -0.25) is 20.2 Å². The maximum absolute atomic E-state index is 14.5. The molecule has 0 aromatic heterocycles. The third-order valence-electron chi connectivity index (χ3n) is 4.64. The van der Waals surface area contributed by atoms with E-state index in [1.54, 1.807) is 42.6 Å². The first-order valence-electron chi connectivity index (χ1n) is 8.50. The molecule has 6 nitrogen and oxygen atoms in total. The summed E-state index contributed by atoms with van der Waals surface area (Å²) < 4.78 is 14.5. The summed E-state index contributed by atoms with van der Waals surface area (Å²) in [4.78, 5) is 11.6. The Hall–Kier alpha value is -2.48. The third kappa shape index (κ3) is 3.53. The molecule has 2 aliphatic heterocycles. The monoisotopic (exact) mass is 388 g/mol. The zero-order valence-corrected chi connectivity index (χ0v) is 15.3. The van der Waals surface area contributed by atoms with Crippen LogP contribution < -0.4 is 10.6 Å². The van der Waals surface area contributed by atoms with Crippen LogP contribution >= 0.6 is 11.6 Å². The van der Waals surface area contributed by atoms with Gasteiger partial charge in [-0.1, -0.05) is 28.9 Å². The summed E-state index contributed by atoms with van der Waals surface area (Å²) in [6.45, 7) is 0.945. The first-order valence-corrected chi connectivity index (χ1v) is 8.87. The van der Waals surface area contributed by atoms with Crippen molar-refractivity contribution in [3.8, 4) is 0 Å². The number of nitrogens with zero attached hydrogens (tertiary/aromatic N) is 4. The number of hydroxylamine groups is 2. The molecule has 0 bridgehead atoms. The summed E-state index contributed by atoms with van der Waals surface area (Å²) in [5, 5.41) is 17.4. The lowest BCUT2D eigenvalue weighted by Crippen LogP contribution is -2.34. The molecule has 2 aromatic carbocycles. The Balaban J connectivity index is 1.84. The third-order valence-corrected chi connectivity index (χ3v) is 4.87. The zero-order chi connectivity index (χ0) is 19.0. The maximum atomic E-state index is 14.5. The van der Waals surface area contributed by atoms with Crippen LogP contribution in [0.3, 0.4) is 0 Å². The number of fused-ring (bicyclic) bond motifs is 1. The van der Waals surface area contributed by atoms with Gasteiger partial charge in [0.25, 0.3) is 0 Å². The SMILES string of the molecule is CON=CC1CN1C1CN(O)C(c2ccccc2F)=c2cc(Cl)ccc2=N1. The molecule has 0 radical (unpaired) electrons. The number of hydrogen-bond donors (Lipinski definition) is 1. The summed E-state index contributed by atoms with van der Waals surface area (Å²) in [6, 6.07) is 11.6. The van der Waals surface area contributed by atoms with Gasteiger partial charge < -0.3 is 4.84 Å². The first-order chi connectivity index (χ1) is 13.1. The van der Waals surface area contributed by atoms with Crippen molar-refractivity contribution in [2.75, 3.05) is 20.2 Å². The van der Waals surface area contributed by atoms with Gasteiger partial charge in [0.05, 0.1) is 29.9 Å². The summed E-state index contributed by atoms with van der Waals surface area (Å²) in [5.74, 6) is -0.423. The lowest BCUT2D eigenvalue weighted by Gasteiger charge is -2.23. The first kappa shape index (κ1) is 17.9. The molecule has 140 valence electrons. The molecule has 3 unspecified atom stereocenters. The van der Waals surface area contributed by atoms with Crippen molar-refractivity contribution >= 4 is 23.5 Å². The number of halogens is 2. The number of benzene rings is 2. The Labute approximate surface area is 160 Å². The van der Waals surface area contributed by atoms with Crippen molar-refractivity contribution in [3.63, 3.8) is 0 Å². The highest BCUT2D eigenvalue weighted by Gasteiger charge is 2.40. The molecular formula is C19H18ClFN4O2. The Morgan fingerprint density at radius 2 is 2.11 bits per heavy atom. The van der Waals surface area contributed by atoms with E-state index in [1.807, 2.05) is 0 Å². The summed E-state index contributed by atoms with van der Waals surface area (Å²) in [5.41, 5.74) is 0.642. The maximum Gasteiger partial charge on any atom is 0.132 e. The van der Waals surface area contributed by atoms with Crippen molar-refractivity contribution in [3.05, 3.63) is 69.4 Å². The molecule has 1 saturated heterocycles. The lowest BCUT2D eigenvalue weighted by atomic mass is 10.1. The molecule has 4 rings (SSSR count). The molecule has 2 heterocycles. The molecule has 1 fully saturated rings. The zero-order valence-electron chi connectivity index (χ0n) is 14.6. The van der Waals surface area contributed by atoms with Crippen LogP contribution in [-0.4, -0.2) is 53.8 Å². The highest BCUT2D eigenvalue weighted by Crippen LogP contribution is 2.25. The van der Waals surface area contributed by atoms with E-state index in [9.17, 15) is 9.60 Å². The second-order valence-corrected chi connectivity index (χ2v) is 6.82. The van der Waals surface area contributed by atoms with Crippen molar-refractivity contribution in [1.29, 1.82) is 0 Å². The van der Waals surface area contributed by atoms with Gasteiger partial charge in [-0.05, 0) is 30.3 Å². The fourth-order valence-corrected chi connectivity index (χ4v) is 3.46. The van der Waals surface area contributed by atoms with Crippen molar-refractivity contribution in [2.24, 2.45) is 10.1 Å². The predicted molar refractivity (Wildman–Crippen MR) is 99.4 cm³/mol. The van der Waals surface area contributed by atoms with E-state index in [0.717, 1.165) is 11.6 Å². The molecule has 0 saturated carbocycles. The number of hydrogen-bond acceptors (Lipinski definition) is 6. The lowest BCUT2D eigenvalue weighted by molar-refractivity contribution is -0.0389. The minimum Gasteiger partial charge on any atom is -0.399 e. The van der Waals surface area contributed by atoms with Crippen LogP contribution in [0, 0.1) is 5.82 Å². The average Bonchev–Trinajstić information content (AvgIpc) is 3.43. The summed E-state index contributed by atoms with van der Waals surface area (Å²) >= 11 is 6.17.